The molecule has 0 aliphatic heterocycles. The Kier molecular flexibility index (Phi) is 7.82. The van der Waals surface area contributed by atoms with Crippen molar-refractivity contribution >= 4 is 0 Å². The van der Waals surface area contributed by atoms with Crippen molar-refractivity contribution in [1.82, 2.24) is 9.55 Å². The molecular formula is C22H16F7N4O5+. The Hall–Kier alpha value is -4.39. The highest BCUT2D eigenvalue weighted by Crippen LogP contribution is 2.37. The number of benzene rings is 1. The zero-order valence-electron chi connectivity index (χ0n) is 19.1. The van der Waals surface area contributed by atoms with Crippen LogP contribution >= 0.6 is 0 Å². The second kappa shape index (κ2) is 10.5. The summed E-state index contributed by atoms with van der Waals surface area (Å²) in [6.45, 7) is -0.753. The second-order valence-electron chi connectivity index (χ2n) is 7.65. The third-order valence-corrected chi connectivity index (χ3v) is 4.88. The lowest BCUT2D eigenvalue weighted by Crippen LogP contribution is -2.39. The van der Waals surface area contributed by atoms with Crippen molar-refractivity contribution in [2.24, 2.45) is 0 Å². The van der Waals surface area contributed by atoms with E-state index in [1.807, 2.05) is 0 Å². The van der Waals surface area contributed by atoms with Crippen LogP contribution in [0.1, 0.15) is 28.1 Å². The molecule has 0 radical (unpaired) electrons. The Balaban J connectivity index is 2.14. The number of halogens is 7. The normalized spacial score (nSPS) is 11.8. The molecule has 2 heterocycles. The van der Waals surface area contributed by atoms with E-state index in [-0.39, 0.29) is 10.3 Å². The molecule has 0 aliphatic carbocycles. The van der Waals surface area contributed by atoms with E-state index >= 15 is 0 Å². The lowest BCUT2D eigenvalue weighted by Gasteiger charge is -2.15. The van der Waals surface area contributed by atoms with Crippen molar-refractivity contribution in [1.29, 1.82) is 5.26 Å². The molecule has 9 nitrogen and oxygen atoms in total. The van der Waals surface area contributed by atoms with Crippen LogP contribution in [0.15, 0.2) is 35.5 Å². The number of aromatic nitrogens is 3. The number of nitriles is 1. The molecule has 16 heteroatoms. The number of aryl methyl sites for hydroxylation is 1. The average molecular weight is 549 g/mol. The van der Waals surface area contributed by atoms with Crippen molar-refractivity contribution < 1.29 is 55.3 Å². The predicted molar refractivity (Wildman–Crippen MR) is 110 cm³/mol. The summed E-state index contributed by atoms with van der Waals surface area (Å²) in [5.74, 6) is -4.65. The highest BCUT2D eigenvalue weighted by atomic mass is 19.4. The van der Waals surface area contributed by atoms with Crippen LogP contribution in [0, 0.1) is 24.1 Å². The van der Waals surface area contributed by atoms with Gasteiger partial charge in [0.05, 0.1) is 18.5 Å². The Morgan fingerprint density at radius 1 is 1.13 bits per heavy atom. The molecule has 0 unspecified atom stereocenters. The zero-order valence-corrected chi connectivity index (χ0v) is 19.1. The van der Waals surface area contributed by atoms with Gasteiger partial charge in [0, 0.05) is 10.8 Å². The molecular weight excluding hydrogens is 533 g/mol. The third-order valence-electron chi connectivity index (χ3n) is 4.88. The van der Waals surface area contributed by atoms with Crippen molar-refractivity contribution in [3.63, 3.8) is 0 Å². The van der Waals surface area contributed by atoms with E-state index in [9.17, 15) is 40.7 Å². The standard InChI is InChI=1S/C22H16F7N4O5/c1-11-4-12(7-30)17(23)15(5-11)38-18-19(22(27,28)29)31-10-32(20(18)35)8-13-6-14(21(24,25)26)16(9-33(13)36)37-3-2-34/h4-6,9-10,34,36H,2-3,8H2,1H3/q+1. The number of aliphatic hydroxyl groups is 1. The summed E-state index contributed by atoms with van der Waals surface area (Å²) in [4.78, 5) is 16.1. The van der Waals surface area contributed by atoms with Crippen molar-refractivity contribution in [3.8, 4) is 23.3 Å². The number of alkyl halides is 6. The minimum Gasteiger partial charge on any atom is -0.484 e. The number of nitrogens with zero attached hydrogens (tertiary/aromatic N) is 4. The van der Waals surface area contributed by atoms with E-state index < -0.39 is 83.3 Å². The number of hydrogen-bond donors (Lipinski definition) is 2. The molecule has 202 valence electrons. The van der Waals surface area contributed by atoms with Gasteiger partial charge in [-0.3, -0.25) is 14.6 Å². The quantitative estimate of drug-likeness (QED) is 0.264. The van der Waals surface area contributed by atoms with Gasteiger partial charge in [0.25, 0.3) is 17.5 Å². The molecule has 3 aromatic rings. The first-order valence-electron chi connectivity index (χ1n) is 10.3. The number of aliphatic hydroxyl groups excluding tert-OH is 1. The number of pyridine rings is 1. The van der Waals surface area contributed by atoms with E-state index in [0.717, 1.165) is 12.1 Å². The molecule has 0 fully saturated rings. The Morgan fingerprint density at radius 2 is 1.82 bits per heavy atom. The van der Waals surface area contributed by atoms with Gasteiger partial charge in [-0.1, -0.05) is 0 Å². The molecule has 38 heavy (non-hydrogen) atoms. The van der Waals surface area contributed by atoms with Crippen LogP contribution in [0.4, 0.5) is 30.7 Å². The highest BCUT2D eigenvalue weighted by molar-refractivity contribution is 5.44. The summed E-state index contributed by atoms with van der Waals surface area (Å²) >= 11 is 0. The molecule has 2 N–H and O–H groups in total. The van der Waals surface area contributed by atoms with E-state index in [2.05, 4.69) is 4.98 Å². The van der Waals surface area contributed by atoms with Crippen LogP contribution in [0.5, 0.6) is 17.2 Å². The van der Waals surface area contributed by atoms with E-state index in [0.29, 0.717) is 23.2 Å². The molecule has 1 aromatic carbocycles. The number of hydrogen-bond acceptors (Lipinski definition) is 7. The fourth-order valence-corrected chi connectivity index (χ4v) is 3.23. The van der Waals surface area contributed by atoms with Gasteiger partial charge < -0.3 is 14.6 Å². The summed E-state index contributed by atoms with van der Waals surface area (Å²) in [6.07, 6.45) is -9.45. The van der Waals surface area contributed by atoms with Gasteiger partial charge in [-0.25, -0.2) is 9.37 Å². The summed E-state index contributed by atoms with van der Waals surface area (Å²) in [7, 11) is 0. The van der Waals surface area contributed by atoms with Crippen molar-refractivity contribution in [2.75, 3.05) is 13.2 Å². The summed E-state index contributed by atoms with van der Waals surface area (Å²) < 4.78 is 106. The maximum Gasteiger partial charge on any atom is 0.437 e. The van der Waals surface area contributed by atoms with Crippen LogP contribution in [0.2, 0.25) is 0 Å². The monoisotopic (exact) mass is 549 g/mol. The molecule has 3 rings (SSSR count). The first kappa shape index (κ1) is 28.2. The first-order valence-corrected chi connectivity index (χ1v) is 10.3. The van der Waals surface area contributed by atoms with Gasteiger partial charge in [0.2, 0.25) is 11.5 Å². The van der Waals surface area contributed by atoms with Crippen molar-refractivity contribution in [2.45, 2.75) is 25.8 Å². The summed E-state index contributed by atoms with van der Waals surface area (Å²) in [5.41, 5.74) is -5.87. The molecule has 0 saturated carbocycles. The molecule has 2 aromatic heterocycles. The smallest absolute Gasteiger partial charge is 0.437 e. The first-order chi connectivity index (χ1) is 17.7. The van der Waals surface area contributed by atoms with E-state index in [1.54, 1.807) is 0 Å². The van der Waals surface area contributed by atoms with Gasteiger partial charge in [0.1, 0.15) is 24.8 Å². The minimum atomic E-state index is -5.27. The van der Waals surface area contributed by atoms with Gasteiger partial charge in [-0.05, 0) is 24.6 Å². The topological polar surface area (TPSA) is 121 Å². The fourth-order valence-electron chi connectivity index (χ4n) is 3.23. The maximum absolute atomic E-state index is 14.6. The van der Waals surface area contributed by atoms with Crippen LogP contribution in [-0.2, 0) is 18.9 Å². The second-order valence-corrected chi connectivity index (χ2v) is 7.65. The van der Waals surface area contributed by atoms with Crippen LogP contribution < -0.4 is 19.8 Å². The zero-order chi connectivity index (χ0) is 28.4. The minimum absolute atomic E-state index is 0.131. The predicted octanol–water partition coefficient (Wildman–Crippen LogP) is 3.34. The molecule has 0 amide bonds. The van der Waals surface area contributed by atoms with Crippen LogP contribution in [0.25, 0.3) is 0 Å². The Labute approximate surface area is 208 Å². The van der Waals surface area contributed by atoms with E-state index in [1.165, 1.54) is 13.0 Å². The molecule has 0 bridgehead atoms. The third kappa shape index (κ3) is 5.94. The van der Waals surface area contributed by atoms with Crippen molar-refractivity contribution in [3.05, 3.63) is 75.0 Å². The lowest BCUT2D eigenvalue weighted by atomic mass is 10.1. The van der Waals surface area contributed by atoms with Crippen LogP contribution in [0.3, 0.4) is 0 Å². The van der Waals surface area contributed by atoms with Gasteiger partial charge in [-0.15, -0.1) is 0 Å². The summed E-state index contributed by atoms with van der Waals surface area (Å²) in [5, 5.41) is 27.9. The van der Waals surface area contributed by atoms with Gasteiger partial charge >= 0.3 is 12.4 Å². The largest absolute Gasteiger partial charge is 0.484 e. The summed E-state index contributed by atoms with van der Waals surface area (Å²) in [6, 6.07) is 3.87. The molecule has 0 aliphatic rings. The SMILES string of the molecule is Cc1cc(C#N)c(F)c(Oc2c(C(F)(F)F)ncn(Cc3cc(C(F)(F)F)c(OCCO)c[n+]3O)c2=O)c1. The fraction of sp³-hybridized carbons (Fsp3) is 0.273. The van der Waals surface area contributed by atoms with Gasteiger partial charge in [-0.2, -0.15) is 31.6 Å². The molecule has 0 spiro atoms. The maximum atomic E-state index is 14.6. The lowest BCUT2D eigenvalue weighted by molar-refractivity contribution is -0.910. The van der Waals surface area contributed by atoms with E-state index in [4.69, 9.17) is 19.8 Å². The highest BCUT2D eigenvalue weighted by Gasteiger charge is 2.40. The Morgan fingerprint density at radius 3 is 2.39 bits per heavy atom. The number of rotatable bonds is 7. The van der Waals surface area contributed by atoms with Crippen LogP contribution in [-0.4, -0.2) is 33.1 Å². The molecule has 0 atom stereocenters. The number of ether oxygens (including phenoxy) is 2. The Bertz CT molecular complexity index is 1460. The van der Waals surface area contributed by atoms with Gasteiger partial charge in [0.15, 0.2) is 17.3 Å². The molecule has 0 saturated heterocycles. The average Bonchev–Trinajstić information content (AvgIpc) is 2.81.